The molecule has 35 heavy (non-hydrogen) atoms. The van der Waals surface area contributed by atoms with Gasteiger partial charge in [-0.2, -0.15) is 8.42 Å². The highest BCUT2D eigenvalue weighted by Gasteiger charge is 2.15. The summed E-state index contributed by atoms with van der Waals surface area (Å²) in [5.41, 5.74) is 1.99. The first-order valence-electron chi connectivity index (χ1n) is 10.2. The Morgan fingerprint density at radius 2 is 1.23 bits per heavy atom. The molecule has 0 bridgehead atoms. The first-order chi connectivity index (χ1) is 16.2. The van der Waals surface area contributed by atoms with Crippen LogP contribution in [0.2, 0.25) is 0 Å². The summed E-state index contributed by atoms with van der Waals surface area (Å²) in [4.78, 5) is 31.8. The van der Waals surface area contributed by atoms with Crippen molar-refractivity contribution in [2.45, 2.75) is 32.6 Å². The van der Waals surface area contributed by atoms with Gasteiger partial charge in [0.15, 0.2) is 0 Å². The van der Waals surface area contributed by atoms with Crippen LogP contribution in [0.3, 0.4) is 0 Å². The maximum Gasteiger partial charge on any atom is 0.333 e. The molecule has 1 aromatic rings. The largest absolute Gasteiger partial charge is 0.466 e. The van der Waals surface area contributed by atoms with E-state index in [1.165, 1.54) is 26.2 Å². The van der Waals surface area contributed by atoms with Crippen molar-refractivity contribution in [1.29, 1.82) is 0 Å². The molecule has 196 valence electrons. The molecule has 0 aromatic heterocycles. The van der Waals surface area contributed by atoms with Crippen LogP contribution in [0, 0.1) is 6.92 Å². The number of carbonyl (C=O) groups is 3. The number of esters is 3. The van der Waals surface area contributed by atoms with Gasteiger partial charge in [0.2, 0.25) is 0 Å². The Hall–Kier alpha value is -3.28. The quantitative estimate of drug-likeness (QED) is 0.163. The van der Waals surface area contributed by atoms with Crippen LogP contribution in [0.5, 0.6) is 0 Å². The average Bonchev–Trinajstić information content (AvgIpc) is 2.80. The fourth-order valence-electron chi connectivity index (χ4n) is 1.61. The van der Waals surface area contributed by atoms with Crippen molar-refractivity contribution in [3.05, 3.63) is 66.3 Å². The minimum atomic E-state index is -3.81. The Morgan fingerprint density at radius 1 is 0.800 bits per heavy atom. The molecule has 1 N–H and O–H groups in total. The van der Waals surface area contributed by atoms with E-state index in [1.54, 1.807) is 26.0 Å². The Labute approximate surface area is 207 Å². The van der Waals surface area contributed by atoms with Crippen molar-refractivity contribution < 1.29 is 46.3 Å². The molecule has 0 unspecified atom stereocenters. The molecule has 0 heterocycles. The van der Waals surface area contributed by atoms with Gasteiger partial charge in [0.1, 0.15) is 19.8 Å². The topological polar surface area (TPSA) is 142 Å². The first-order valence-corrected chi connectivity index (χ1v) is 11.6. The van der Waals surface area contributed by atoms with Gasteiger partial charge in [-0.3, -0.25) is 4.18 Å². The SMILES string of the molecule is C=C(C)C(=O)OC.C=C(C)C(=O)OCCO.C=C(C)C(=O)OCCOS(=O)(=O)c1ccc(C)cc1. The summed E-state index contributed by atoms with van der Waals surface area (Å²) in [5.74, 6) is -1.37. The predicted octanol–water partition coefficient (Wildman–Crippen LogP) is 2.65. The highest BCUT2D eigenvalue weighted by molar-refractivity contribution is 7.86. The molecule has 11 heteroatoms. The number of ether oxygens (including phenoxy) is 3. The minimum absolute atomic E-state index is 0.0473. The molecule has 0 aliphatic heterocycles. The van der Waals surface area contributed by atoms with Gasteiger partial charge in [0.05, 0.1) is 18.6 Å². The first kappa shape index (κ1) is 33.9. The van der Waals surface area contributed by atoms with Crippen LogP contribution < -0.4 is 0 Å². The van der Waals surface area contributed by atoms with Crippen molar-refractivity contribution in [2.24, 2.45) is 0 Å². The third-order valence-corrected chi connectivity index (χ3v) is 4.75. The van der Waals surface area contributed by atoms with Crippen LogP contribution in [-0.4, -0.2) is 65.0 Å². The Morgan fingerprint density at radius 3 is 1.57 bits per heavy atom. The Bertz CT molecular complexity index is 976. The van der Waals surface area contributed by atoms with Gasteiger partial charge in [-0.1, -0.05) is 37.4 Å². The lowest BCUT2D eigenvalue weighted by Crippen LogP contribution is -2.14. The van der Waals surface area contributed by atoms with Gasteiger partial charge in [0, 0.05) is 16.7 Å². The molecular formula is C24H34O10S. The molecule has 1 rings (SSSR count). The summed E-state index contributed by atoms with van der Waals surface area (Å²) in [7, 11) is -2.48. The molecule has 0 aliphatic carbocycles. The smallest absolute Gasteiger partial charge is 0.333 e. The highest BCUT2D eigenvalue weighted by atomic mass is 32.2. The lowest BCUT2D eigenvalue weighted by Gasteiger charge is -2.07. The van der Waals surface area contributed by atoms with Crippen molar-refractivity contribution >= 4 is 28.0 Å². The molecule has 1 aromatic carbocycles. The fraction of sp³-hybridized carbons (Fsp3) is 0.375. The molecule has 0 atom stereocenters. The van der Waals surface area contributed by atoms with E-state index in [1.807, 2.05) is 6.92 Å². The van der Waals surface area contributed by atoms with Crippen molar-refractivity contribution in [3.8, 4) is 0 Å². The van der Waals surface area contributed by atoms with Crippen LogP contribution >= 0.6 is 0 Å². The highest BCUT2D eigenvalue weighted by Crippen LogP contribution is 2.13. The number of rotatable bonds is 10. The monoisotopic (exact) mass is 514 g/mol. The van der Waals surface area contributed by atoms with Gasteiger partial charge in [-0.25, -0.2) is 14.4 Å². The third-order valence-electron chi connectivity index (χ3n) is 3.42. The maximum atomic E-state index is 11.7. The lowest BCUT2D eigenvalue weighted by molar-refractivity contribution is -0.140. The summed E-state index contributed by atoms with van der Waals surface area (Å²) in [5, 5.41) is 8.19. The van der Waals surface area contributed by atoms with E-state index in [9.17, 15) is 22.8 Å². The molecule has 0 saturated heterocycles. The second kappa shape index (κ2) is 18.1. The van der Waals surface area contributed by atoms with Gasteiger partial charge in [-0.15, -0.1) is 0 Å². The molecule has 10 nitrogen and oxygen atoms in total. The van der Waals surface area contributed by atoms with E-state index in [4.69, 9.17) is 14.0 Å². The average molecular weight is 515 g/mol. The van der Waals surface area contributed by atoms with Gasteiger partial charge in [-0.05, 0) is 39.8 Å². The van der Waals surface area contributed by atoms with Crippen LogP contribution in [0.4, 0.5) is 0 Å². The summed E-state index contributed by atoms with van der Waals surface area (Å²) in [6.45, 7) is 16.2. The zero-order chi connectivity index (χ0) is 27.6. The third kappa shape index (κ3) is 16.9. The number of aliphatic hydroxyl groups excluding tert-OH is 1. The maximum absolute atomic E-state index is 11.7. The lowest BCUT2D eigenvalue weighted by atomic mass is 10.2. The fourth-order valence-corrected chi connectivity index (χ4v) is 2.50. The van der Waals surface area contributed by atoms with E-state index in [0.29, 0.717) is 11.1 Å². The predicted molar refractivity (Wildman–Crippen MR) is 130 cm³/mol. The van der Waals surface area contributed by atoms with E-state index in [0.717, 1.165) is 5.56 Å². The normalized spacial score (nSPS) is 9.77. The van der Waals surface area contributed by atoms with Gasteiger partial charge in [0.25, 0.3) is 10.1 Å². The number of benzene rings is 1. The summed E-state index contributed by atoms with van der Waals surface area (Å²) >= 11 is 0. The summed E-state index contributed by atoms with van der Waals surface area (Å²) in [6, 6.07) is 6.28. The molecule has 0 radical (unpaired) electrons. The zero-order valence-corrected chi connectivity index (χ0v) is 21.6. The number of carbonyl (C=O) groups excluding carboxylic acids is 3. The summed E-state index contributed by atoms with van der Waals surface area (Å²) < 4.78 is 41.7. The van der Waals surface area contributed by atoms with Crippen molar-refractivity contribution in [2.75, 3.05) is 33.5 Å². The van der Waals surface area contributed by atoms with E-state index < -0.39 is 22.1 Å². The number of hydrogen-bond donors (Lipinski definition) is 1. The minimum Gasteiger partial charge on any atom is -0.466 e. The van der Waals surface area contributed by atoms with E-state index in [2.05, 4.69) is 29.2 Å². The summed E-state index contributed by atoms with van der Waals surface area (Å²) in [6.07, 6.45) is 0. The molecular weight excluding hydrogens is 480 g/mol. The second-order valence-corrected chi connectivity index (χ2v) is 8.53. The molecule has 0 fully saturated rings. The van der Waals surface area contributed by atoms with Gasteiger partial charge < -0.3 is 19.3 Å². The van der Waals surface area contributed by atoms with Crippen LogP contribution in [0.25, 0.3) is 0 Å². The Kier molecular flexibility index (Phi) is 17.5. The number of aliphatic hydroxyl groups is 1. The van der Waals surface area contributed by atoms with Crippen LogP contribution in [0.1, 0.15) is 26.3 Å². The zero-order valence-electron chi connectivity index (χ0n) is 20.8. The number of methoxy groups -OCH3 is 1. The van der Waals surface area contributed by atoms with Crippen molar-refractivity contribution in [1.82, 2.24) is 0 Å². The standard InChI is InChI=1S/C13H16O5S.C6H10O3.C5H8O2/c1-10(2)13(14)17-8-9-18-19(15,16)12-6-4-11(3)5-7-12;1-5(2)6(8)9-4-3-7;1-4(2)5(6)7-3/h4-7H,1,8-9H2,2-3H3;7H,1,3-4H2,2H3;1H2,2-3H3. The molecule has 0 aliphatic rings. The van der Waals surface area contributed by atoms with E-state index >= 15 is 0 Å². The number of aryl methyl sites for hydroxylation is 1. The van der Waals surface area contributed by atoms with Crippen LogP contribution in [0.15, 0.2) is 65.6 Å². The molecule has 0 spiro atoms. The second-order valence-electron chi connectivity index (χ2n) is 6.92. The van der Waals surface area contributed by atoms with E-state index in [-0.39, 0.29) is 42.9 Å². The Balaban J connectivity index is 0. The van der Waals surface area contributed by atoms with Gasteiger partial charge >= 0.3 is 17.9 Å². The molecule has 0 saturated carbocycles. The number of hydrogen-bond acceptors (Lipinski definition) is 10. The van der Waals surface area contributed by atoms with Crippen molar-refractivity contribution in [3.63, 3.8) is 0 Å². The van der Waals surface area contributed by atoms with Crippen LogP contribution in [-0.2, 0) is 42.9 Å². The molecule has 0 amide bonds.